The predicted octanol–water partition coefficient (Wildman–Crippen LogP) is 0.711. The summed E-state index contributed by atoms with van der Waals surface area (Å²) in [6.45, 7) is 1.74. The summed E-state index contributed by atoms with van der Waals surface area (Å²) in [4.78, 5) is 21.8. The quantitative estimate of drug-likeness (QED) is 0.838. The first-order chi connectivity index (χ1) is 8.31. The van der Waals surface area contributed by atoms with Crippen molar-refractivity contribution >= 4 is 5.91 Å². The van der Waals surface area contributed by atoms with E-state index in [1.807, 2.05) is 4.90 Å². The zero-order valence-electron chi connectivity index (χ0n) is 9.75. The average molecular weight is 235 g/mol. The van der Waals surface area contributed by atoms with Crippen LogP contribution >= 0.6 is 0 Å². The van der Waals surface area contributed by atoms with Crippen molar-refractivity contribution in [3.63, 3.8) is 0 Å². The van der Waals surface area contributed by atoms with E-state index in [4.69, 9.17) is 5.11 Å². The Morgan fingerprint density at radius 2 is 2.18 bits per heavy atom. The number of hydrogen-bond donors (Lipinski definition) is 1. The van der Waals surface area contributed by atoms with Gasteiger partial charge >= 0.3 is 0 Å². The summed E-state index contributed by atoms with van der Waals surface area (Å²) in [5.74, 6) is 0.506. The number of aliphatic hydroxyl groups is 1. The van der Waals surface area contributed by atoms with Gasteiger partial charge in [-0.25, -0.2) is 4.98 Å². The van der Waals surface area contributed by atoms with Crippen LogP contribution in [-0.2, 0) is 0 Å². The molecule has 0 bridgehead atoms. The molecule has 0 unspecified atom stereocenters. The molecule has 0 radical (unpaired) electrons. The van der Waals surface area contributed by atoms with Crippen LogP contribution in [0.2, 0.25) is 0 Å². The Morgan fingerprint density at radius 3 is 2.76 bits per heavy atom. The van der Waals surface area contributed by atoms with Crippen LogP contribution in [0.1, 0.15) is 29.8 Å². The van der Waals surface area contributed by atoms with Gasteiger partial charge in [0.2, 0.25) is 0 Å². The fourth-order valence-electron chi connectivity index (χ4n) is 2.18. The van der Waals surface area contributed by atoms with Crippen molar-refractivity contribution in [1.29, 1.82) is 0 Å². The van der Waals surface area contributed by atoms with E-state index < -0.39 is 0 Å². The Morgan fingerprint density at radius 1 is 1.41 bits per heavy atom. The molecule has 0 spiro atoms. The number of aliphatic hydroxyl groups excluding tert-OH is 1. The van der Waals surface area contributed by atoms with Gasteiger partial charge in [-0.15, -0.1) is 0 Å². The second-order valence-electron chi connectivity index (χ2n) is 4.34. The molecule has 2 heterocycles. The van der Waals surface area contributed by atoms with Gasteiger partial charge in [0.05, 0.1) is 6.20 Å². The fraction of sp³-hybridized carbons (Fsp3) is 0.583. The van der Waals surface area contributed by atoms with E-state index in [-0.39, 0.29) is 12.5 Å². The van der Waals surface area contributed by atoms with Crippen LogP contribution in [0.4, 0.5) is 0 Å². The third kappa shape index (κ3) is 3.00. The number of piperidine rings is 1. The van der Waals surface area contributed by atoms with Crippen LogP contribution in [0, 0.1) is 5.92 Å². The zero-order chi connectivity index (χ0) is 12.1. The minimum Gasteiger partial charge on any atom is -0.396 e. The molecule has 92 valence electrons. The van der Waals surface area contributed by atoms with Gasteiger partial charge in [-0.2, -0.15) is 0 Å². The van der Waals surface area contributed by atoms with Crippen molar-refractivity contribution in [3.05, 3.63) is 24.3 Å². The standard InChI is InChI=1S/C12H17N3O2/c16-8-3-10-1-6-15(7-2-10)12(17)11-9-13-4-5-14-11/h4-5,9-10,16H,1-3,6-8H2. The molecule has 1 aromatic rings. The maximum atomic E-state index is 12.0. The summed E-state index contributed by atoms with van der Waals surface area (Å²) in [6, 6.07) is 0. The Bertz CT molecular complexity index is 361. The monoisotopic (exact) mass is 235 g/mol. The highest BCUT2D eigenvalue weighted by Gasteiger charge is 2.23. The highest BCUT2D eigenvalue weighted by Crippen LogP contribution is 2.20. The van der Waals surface area contributed by atoms with Crippen LogP contribution in [0.5, 0.6) is 0 Å². The molecule has 0 aliphatic carbocycles. The van der Waals surface area contributed by atoms with E-state index in [2.05, 4.69) is 9.97 Å². The molecule has 1 fully saturated rings. The molecule has 1 saturated heterocycles. The zero-order valence-corrected chi connectivity index (χ0v) is 9.75. The maximum absolute atomic E-state index is 12.0. The van der Waals surface area contributed by atoms with Crippen LogP contribution < -0.4 is 0 Å². The van der Waals surface area contributed by atoms with Crippen molar-refractivity contribution in [2.45, 2.75) is 19.3 Å². The average Bonchev–Trinajstić information content (AvgIpc) is 2.40. The molecule has 1 aromatic heterocycles. The molecular formula is C12H17N3O2. The molecule has 17 heavy (non-hydrogen) atoms. The normalized spacial score (nSPS) is 17.1. The Hall–Kier alpha value is -1.49. The summed E-state index contributed by atoms with van der Waals surface area (Å²) in [6.07, 6.45) is 7.37. The third-order valence-electron chi connectivity index (χ3n) is 3.22. The minimum absolute atomic E-state index is 0.0412. The van der Waals surface area contributed by atoms with Gasteiger partial charge in [-0.05, 0) is 25.2 Å². The molecule has 5 nitrogen and oxygen atoms in total. The van der Waals surface area contributed by atoms with Gasteiger partial charge in [-0.3, -0.25) is 9.78 Å². The molecular weight excluding hydrogens is 218 g/mol. The van der Waals surface area contributed by atoms with Crippen molar-refractivity contribution in [2.24, 2.45) is 5.92 Å². The number of rotatable bonds is 3. The number of carbonyl (C=O) groups is 1. The lowest BCUT2D eigenvalue weighted by molar-refractivity contribution is 0.0671. The van der Waals surface area contributed by atoms with Gasteiger partial charge < -0.3 is 10.0 Å². The topological polar surface area (TPSA) is 66.3 Å². The molecule has 1 amide bonds. The lowest BCUT2D eigenvalue weighted by Gasteiger charge is -2.31. The van der Waals surface area contributed by atoms with E-state index in [0.717, 1.165) is 32.4 Å². The van der Waals surface area contributed by atoms with Crippen LogP contribution in [0.3, 0.4) is 0 Å². The smallest absolute Gasteiger partial charge is 0.274 e. The molecule has 5 heteroatoms. The van der Waals surface area contributed by atoms with Crippen LogP contribution in [0.25, 0.3) is 0 Å². The lowest BCUT2D eigenvalue weighted by Crippen LogP contribution is -2.39. The Kier molecular flexibility index (Phi) is 4.03. The van der Waals surface area contributed by atoms with E-state index in [9.17, 15) is 4.79 Å². The number of hydrogen-bond acceptors (Lipinski definition) is 4. The maximum Gasteiger partial charge on any atom is 0.274 e. The van der Waals surface area contributed by atoms with Crippen LogP contribution in [-0.4, -0.2) is 45.6 Å². The van der Waals surface area contributed by atoms with Gasteiger partial charge in [0.1, 0.15) is 5.69 Å². The highest BCUT2D eigenvalue weighted by atomic mass is 16.3. The second kappa shape index (κ2) is 5.72. The van der Waals surface area contributed by atoms with Crippen LogP contribution in [0.15, 0.2) is 18.6 Å². The first-order valence-corrected chi connectivity index (χ1v) is 5.97. The molecule has 1 aliphatic rings. The second-order valence-corrected chi connectivity index (χ2v) is 4.34. The number of likely N-dealkylation sites (tertiary alicyclic amines) is 1. The largest absolute Gasteiger partial charge is 0.396 e. The van der Waals surface area contributed by atoms with Crippen molar-refractivity contribution in [2.75, 3.05) is 19.7 Å². The molecule has 0 saturated carbocycles. The first-order valence-electron chi connectivity index (χ1n) is 5.97. The van der Waals surface area contributed by atoms with Gasteiger partial charge in [0.25, 0.3) is 5.91 Å². The van der Waals surface area contributed by atoms with Crippen molar-refractivity contribution in [1.82, 2.24) is 14.9 Å². The van der Waals surface area contributed by atoms with Crippen molar-refractivity contribution in [3.8, 4) is 0 Å². The minimum atomic E-state index is -0.0412. The van der Waals surface area contributed by atoms with E-state index >= 15 is 0 Å². The molecule has 0 aromatic carbocycles. The highest BCUT2D eigenvalue weighted by molar-refractivity contribution is 5.91. The molecule has 1 N–H and O–H groups in total. The summed E-state index contributed by atoms with van der Waals surface area (Å²) in [7, 11) is 0. The van der Waals surface area contributed by atoms with Crippen molar-refractivity contribution < 1.29 is 9.90 Å². The predicted molar refractivity (Wildman–Crippen MR) is 62.4 cm³/mol. The fourth-order valence-corrected chi connectivity index (χ4v) is 2.18. The Balaban J connectivity index is 1.91. The van der Waals surface area contributed by atoms with E-state index in [0.29, 0.717) is 11.6 Å². The molecule has 2 rings (SSSR count). The third-order valence-corrected chi connectivity index (χ3v) is 3.22. The van der Waals surface area contributed by atoms with Gasteiger partial charge in [-0.1, -0.05) is 0 Å². The summed E-state index contributed by atoms with van der Waals surface area (Å²) in [5.41, 5.74) is 0.410. The number of amides is 1. The van der Waals surface area contributed by atoms with Gasteiger partial charge in [0.15, 0.2) is 0 Å². The molecule has 0 atom stereocenters. The number of aromatic nitrogens is 2. The first kappa shape index (κ1) is 12.0. The summed E-state index contributed by atoms with van der Waals surface area (Å²) >= 11 is 0. The van der Waals surface area contributed by atoms with E-state index in [1.54, 1.807) is 6.20 Å². The Labute approximate surface area is 100 Å². The van der Waals surface area contributed by atoms with Gasteiger partial charge in [0, 0.05) is 32.1 Å². The SMILES string of the molecule is O=C(c1cnccn1)N1CCC(CCO)CC1. The number of carbonyl (C=O) groups excluding carboxylic acids is 1. The number of nitrogens with zero attached hydrogens (tertiary/aromatic N) is 3. The lowest BCUT2D eigenvalue weighted by atomic mass is 9.94. The summed E-state index contributed by atoms with van der Waals surface area (Å²) < 4.78 is 0. The molecule has 1 aliphatic heterocycles. The summed E-state index contributed by atoms with van der Waals surface area (Å²) in [5, 5.41) is 8.87. The van der Waals surface area contributed by atoms with E-state index in [1.165, 1.54) is 12.4 Å².